The number of nitrogens with zero attached hydrogens (tertiary/aromatic N) is 3. The number of aromatic nitrogens is 2. The highest BCUT2D eigenvalue weighted by molar-refractivity contribution is 6.31. The Hall–Kier alpha value is -3.04. The molecule has 0 amide bonds. The van der Waals surface area contributed by atoms with E-state index in [1.54, 1.807) is 22.9 Å². The molecule has 0 aliphatic carbocycles. The fraction of sp³-hybridized carbons (Fsp3) is 0.200. The number of benzene rings is 2. The highest BCUT2D eigenvalue weighted by atomic mass is 35.5. The third-order valence-corrected chi connectivity index (χ3v) is 4.57. The largest absolute Gasteiger partial charge is 0.493 e. The molecular weight excluding hydrogens is 369 g/mol. The summed E-state index contributed by atoms with van der Waals surface area (Å²) in [5, 5.41) is 13.9. The minimum atomic E-state index is -0.392. The Balaban J connectivity index is 1.89. The van der Waals surface area contributed by atoms with E-state index in [2.05, 4.69) is 5.10 Å². The second kappa shape index (κ2) is 7.68. The Labute approximate surface area is 161 Å². The van der Waals surface area contributed by atoms with Crippen LogP contribution >= 0.6 is 11.6 Å². The summed E-state index contributed by atoms with van der Waals surface area (Å²) in [6.07, 6.45) is 0. The Morgan fingerprint density at radius 1 is 1.19 bits per heavy atom. The molecule has 27 heavy (non-hydrogen) atoms. The molecule has 7 heteroatoms. The van der Waals surface area contributed by atoms with Gasteiger partial charge in [-0.2, -0.15) is 10.4 Å². The van der Waals surface area contributed by atoms with Gasteiger partial charge in [0.2, 0.25) is 0 Å². The van der Waals surface area contributed by atoms with Crippen molar-refractivity contribution in [1.29, 1.82) is 5.26 Å². The molecule has 0 radical (unpaired) electrons. The third kappa shape index (κ3) is 3.74. The maximum Gasteiger partial charge on any atom is 0.163 e. The summed E-state index contributed by atoms with van der Waals surface area (Å²) < 4.78 is 26.1. The number of halogens is 2. The summed E-state index contributed by atoms with van der Waals surface area (Å²) in [5.41, 5.74) is 3.75. The van der Waals surface area contributed by atoms with Crippen molar-refractivity contribution < 1.29 is 13.9 Å². The fourth-order valence-electron chi connectivity index (χ4n) is 2.77. The van der Waals surface area contributed by atoms with E-state index in [0.717, 1.165) is 22.6 Å². The summed E-state index contributed by atoms with van der Waals surface area (Å²) in [6, 6.07) is 11.3. The molecule has 138 valence electrons. The second-order valence-corrected chi connectivity index (χ2v) is 6.33. The smallest absolute Gasteiger partial charge is 0.163 e. The highest BCUT2D eigenvalue weighted by Gasteiger charge is 2.15. The highest BCUT2D eigenvalue weighted by Crippen LogP contribution is 2.29. The summed E-state index contributed by atoms with van der Waals surface area (Å²) in [6.45, 7) is 4.06. The first-order valence-corrected chi connectivity index (χ1v) is 8.54. The molecule has 0 saturated carbocycles. The first-order valence-electron chi connectivity index (χ1n) is 8.16. The first-order chi connectivity index (χ1) is 12.9. The molecule has 0 unspecified atom stereocenters. The molecule has 0 aliphatic heterocycles. The molecule has 2 aromatic carbocycles. The number of ether oxygens (including phenoxy) is 2. The van der Waals surface area contributed by atoms with Gasteiger partial charge in [0, 0.05) is 17.3 Å². The van der Waals surface area contributed by atoms with E-state index >= 15 is 0 Å². The standard InChI is InChI=1S/C20H17ClFN3O2/c1-12-17(11-27-19-7-5-15(22)8-20(19)26-3)13(2)25(24-12)16-6-4-14(10-23)18(21)9-16/h4-9H,11H2,1-3H3. The van der Waals surface area contributed by atoms with Crippen LogP contribution < -0.4 is 9.47 Å². The summed E-state index contributed by atoms with van der Waals surface area (Å²) in [4.78, 5) is 0. The van der Waals surface area contributed by atoms with Crippen molar-refractivity contribution in [3.8, 4) is 23.3 Å². The van der Waals surface area contributed by atoms with Crippen molar-refractivity contribution in [3.05, 3.63) is 69.8 Å². The van der Waals surface area contributed by atoms with Crippen LogP contribution in [0.5, 0.6) is 11.5 Å². The molecule has 0 atom stereocenters. The van der Waals surface area contributed by atoms with Crippen LogP contribution in [0.1, 0.15) is 22.5 Å². The Kier molecular flexibility index (Phi) is 5.33. The Morgan fingerprint density at radius 3 is 2.63 bits per heavy atom. The lowest BCUT2D eigenvalue weighted by Crippen LogP contribution is -2.02. The minimum Gasteiger partial charge on any atom is -0.493 e. The van der Waals surface area contributed by atoms with Gasteiger partial charge in [-0.15, -0.1) is 0 Å². The van der Waals surface area contributed by atoms with Crippen LogP contribution in [0.15, 0.2) is 36.4 Å². The zero-order chi connectivity index (χ0) is 19.6. The second-order valence-electron chi connectivity index (χ2n) is 5.92. The number of hydrogen-bond acceptors (Lipinski definition) is 4. The molecule has 0 aliphatic rings. The molecule has 3 aromatic rings. The van der Waals surface area contributed by atoms with Gasteiger partial charge in [0.05, 0.1) is 29.1 Å². The zero-order valence-corrected chi connectivity index (χ0v) is 15.8. The van der Waals surface area contributed by atoms with Crippen LogP contribution in [-0.4, -0.2) is 16.9 Å². The summed E-state index contributed by atoms with van der Waals surface area (Å²) in [5.74, 6) is 0.389. The van der Waals surface area contributed by atoms with Crippen molar-refractivity contribution in [3.63, 3.8) is 0 Å². The van der Waals surface area contributed by atoms with E-state index in [0.29, 0.717) is 22.1 Å². The normalized spacial score (nSPS) is 10.5. The summed E-state index contributed by atoms with van der Waals surface area (Å²) in [7, 11) is 1.46. The molecule has 0 spiro atoms. The zero-order valence-electron chi connectivity index (χ0n) is 15.1. The predicted molar refractivity (Wildman–Crippen MR) is 100 cm³/mol. The average molecular weight is 386 g/mol. The van der Waals surface area contributed by atoms with Crippen molar-refractivity contribution >= 4 is 11.6 Å². The van der Waals surface area contributed by atoms with E-state index in [4.69, 9.17) is 26.3 Å². The Morgan fingerprint density at radius 2 is 1.96 bits per heavy atom. The SMILES string of the molecule is COc1cc(F)ccc1OCc1c(C)nn(-c2ccc(C#N)c(Cl)c2)c1C. The van der Waals surface area contributed by atoms with Crippen molar-refractivity contribution in [2.45, 2.75) is 20.5 Å². The van der Waals surface area contributed by atoms with Gasteiger partial charge in [-0.05, 0) is 44.2 Å². The topological polar surface area (TPSA) is 60.1 Å². The van der Waals surface area contributed by atoms with Gasteiger partial charge in [-0.1, -0.05) is 11.6 Å². The Bertz CT molecular complexity index is 1040. The molecule has 0 N–H and O–H groups in total. The van der Waals surface area contributed by atoms with Crippen LogP contribution in [0.25, 0.3) is 5.69 Å². The van der Waals surface area contributed by atoms with Gasteiger partial charge < -0.3 is 9.47 Å². The van der Waals surface area contributed by atoms with Crippen molar-refractivity contribution in [2.24, 2.45) is 0 Å². The van der Waals surface area contributed by atoms with Crippen LogP contribution in [0.3, 0.4) is 0 Å². The van der Waals surface area contributed by atoms with Crippen LogP contribution in [-0.2, 0) is 6.61 Å². The van der Waals surface area contributed by atoms with Crippen LogP contribution in [0, 0.1) is 31.0 Å². The average Bonchev–Trinajstić information content (AvgIpc) is 2.94. The van der Waals surface area contributed by atoms with Crippen LogP contribution in [0.4, 0.5) is 4.39 Å². The number of methoxy groups -OCH3 is 1. The monoisotopic (exact) mass is 385 g/mol. The van der Waals surface area contributed by atoms with E-state index < -0.39 is 5.82 Å². The summed E-state index contributed by atoms with van der Waals surface area (Å²) >= 11 is 6.13. The lowest BCUT2D eigenvalue weighted by Gasteiger charge is -2.11. The van der Waals surface area contributed by atoms with Gasteiger partial charge in [0.1, 0.15) is 18.5 Å². The van der Waals surface area contributed by atoms with Gasteiger partial charge in [-0.3, -0.25) is 0 Å². The molecule has 3 rings (SSSR count). The number of nitriles is 1. The van der Waals surface area contributed by atoms with E-state index in [1.807, 2.05) is 19.9 Å². The van der Waals surface area contributed by atoms with Crippen molar-refractivity contribution in [1.82, 2.24) is 9.78 Å². The molecule has 0 bridgehead atoms. The molecular formula is C20H17ClFN3O2. The predicted octanol–water partition coefficient (Wildman–Crippen LogP) is 4.74. The minimum absolute atomic E-state index is 0.254. The lowest BCUT2D eigenvalue weighted by molar-refractivity contribution is 0.282. The van der Waals surface area contributed by atoms with Gasteiger partial charge in [0.25, 0.3) is 0 Å². The molecule has 1 aromatic heterocycles. The molecule has 0 saturated heterocycles. The van der Waals surface area contributed by atoms with Gasteiger partial charge >= 0.3 is 0 Å². The van der Waals surface area contributed by atoms with Gasteiger partial charge in [0.15, 0.2) is 11.5 Å². The van der Waals surface area contributed by atoms with E-state index in [9.17, 15) is 4.39 Å². The first kappa shape index (κ1) is 18.7. The maximum absolute atomic E-state index is 13.3. The van der Waals surface area contributed by atoms with E-state index in [1.165, 1.54) is 25.3 Å². The van der Waals surface area contributed by atoms with E-state index in [-0.39, 0.29) is 6.61 Å². The van der Waals surface area contributed by atoms with Crippen molar-refractivity contribution in [2.75, 3.05) is 7.11 Å². The maximum atomic E-state index is 13.3. The van der Waals surface area contributed by atoms with Crippen LogP contribution in [0.2, 0.25) is 5.02 Å². The fourth-order valence-corrected chi connectivity index (χ4v) is 2.99. The van der Waals surface area contributed by atoms with Gasteiger partial charge in [-0.25, -0.2) is 9.07 Å². The number of hydrogen-bond donors (Lipinski definition) is 0. The molecule has 1 heterocycles. The quantitative estimate of drug-likeness (QED) is 0.636. The lowest BCUT2D eigenvalue weighted by atomic mass is 10.2. The molecule has 0 fully saturated rings. The number of rotatable bonds is 5. The third-order valence-electron chi connectivity index (χ3n) is 4.26. The number of aryl methyl sites for hydroxylation is 1. The molecule has 5 nitrogen and oxygen atoms in total.